The minimum absolute atomic E-state index is 0.0898. The van der Waals surface area contributed by atoms with Crippen molar-refractivity contribution in [3.8, 4) is 0 Å². The zero-order valence-corrected chi connectivity index (χ0v) is 23.7. The number of carboxylic acid groups (broad SMARTS) is 1. The lowest BCUT2D eigenvalue weighted by Crippen LogP contribution is -2.57. The van der Waals surface area contributed by atoms with Crippen LogP contribution in [0.2, 0.25) is 0 Å². The van der Waals surface area contributed by atoms with E-state index in [4.69, 9.17) is 4.74 Å². The van der Waals surface area contributed by atoms with Crippen LogP contribution in [0.5, 0.6) is 0 Å². The summed E-state index contributed by atoms with van der Waals surface area (Å²) in [5, 5.41) is 26.3. The van der Waals surface area contributed by atoms with Crippen LogP contribution >= 0.6 is 0 Å². The molecule has 14 heteroatoms. The van der Waals surface area contributed by atoms with Crippen LogP contribution < -0.4 is 5.32 Å². The molecule has 6 rings (SSSR count). The molecule has 44 heavy (non-hydrogen) atoms. The summed E-state index contributed by atoms with van der Waals surface area (Å²) in [5.74, 6) is -5.45. The summed E-state index contributed by atoms with van der Waals surface area (Å²) in [6, 6.07) is 12.7. The van der Waals surface area contributed by atoms with Crippen molar-refractivity contribution in [2.24, 2.45) is 11.8 Å². The summed E-state index contributed by atoms with van der Waals surface area (Å²) in [4.78, 5) is 72.4. The molecule has 3 N–H and O–H groups in total. The molecule has 2 aliphatic heterocycles. The molecule has 0 bridgehead atoms. The molecule has 0 radical (unpaired) electrons. The zero-order valence-electron chi connectivity index (χ0n) is 23.7. The number of methoxy groups -OCH3 is 1. The maximum Gasteiger partial charge on any atom is 0.342 e. The highest BCUT2D eigenvalue weighted by atomic mass is 16.6. The molecule has 2 saturated heterocycles. The van der Waals surface area contributed by atoms with Crippen LogP contribution in [0.25, 0.3) is 10.9 Å². The summed E-state index contributed by atoms with van der Waals surface area (Å²) in [5.41, 5.74) is 0.347. The van der Waals surface area contributed by atoms with Crippen molar-refractivity contribution in [2.75, 3.05) is 13.7 Å². The number of hydrogen-bond acceptors (Lipinski definition) is 9. The fourth-order valence-electron chi connectivity index (χ4n) is 6.61. The molecule has 0 aliphatic carbocycles. The van der Waals surface area contributed by atoms with Crippen molar-refractivity contribution < 1.29 is 33.9 Å². The largest absolute Gasteiger partial charge is 0.480 e. The number of para-hydroxylation sites is 1. The van der Waals surface area contributed by atoms with Crippen molar-refractivity contribution in [2.45, 2.75) is 31.5 Å². The highest BCUT2D eigenvalue weighted by molar-refractivity contribution is 6.09. The third-order valence-electron chi connectivity index (χ3n) is 8.73. The fraction of sp³-hybridized carbons (Fsp3) is 0.300. The van der Waals surface area contributed by atoms with Gasteiger partial charge >= 0.3 is 17.8 Å². The Labute approximate surface area is 249 Å². The molecule has 4 unspecified atom stereocenters. The highest BCUT2D eigenvalue weighted by Crippen LogP contribution is 2.50. The van der Waals surface area contributed by atoms with E-state index in [1.165, 1.54) is 23.8 Å². The van der Waals surface area contributed by atoms with Gasteiger partial charge in [-0.1, -0.05) is 30.3 Å². The minimum Gasteiger partial charge on any atom is -0.480 e. The minimum atomic E-state index is -1.88. The number of benzene rings is 2. The quantitative estimate of drug-likeness (QED) is 0.111. The number of carbonyl (C=O) groups is 4. The number of carboxylic acids is 1. The van der Waals surface area contributed by atoms with Gasteiger partial charge in [-0.25, -0.2) is 14.3 Å². The number of H-pyrrole nitrogens is 1. The zero-order chi connectivity index (χ0) is 31.3. The van der Waals surface area contributed by atoms with Gasteiger partial charge in [-0.15, -0.1) is 0 Å². The molecule has 4 aromatic rings. The summed E-state index contributed by atoms with van der Waals surface area (Å²) in [6.45, 7) is 1.27. The van der Waals surface area contributed by atoms with Gasteiger partial charge in [0.05, 0.1) is 31.1 Å². The SMILES string of the molecule is COC(=O)c1ccc(C2NC(Cc3c[nH]c4ccccc34)(C(=O)O)C3C(=O)N(CCn4c([N+](=O)[O-])cnc4C)C(=O)C23)cc1. The first-order valence-electron chi connectivity index (χ1n) is 13.8. The molecule has 2 aromatic heterocycles. The van der Waals surface area contributed by atoms with Crippen molar-refractivity contribution in [3.05, 3.63) is 93.6 Å². The molecule has 4 heterocycles. The number of fused-ring (bicyclic) bond motifs is 2. The standard InChI is InChI=1S/C30H28N6O8/c1-16-31-15-22(36(42)43)34(16)11-12-35-26(37)23-24(27(35)38)30(29(40)41,13-19-14-32-21-6-4-3-5-20(19)21)33-25(23)17-7-9-18(10-8-17)28(39)44-2/h3-10,14-15,23-25,32-33H,11-13H2,1-2H3,(H,40,41). The Bertz CT molecular complexity index is 1830. The number of rotatable bonds is 9. The summed E-state index contributed by atoms with van der Waals surface area (Å²) >= 11 is 0. The Hall–Kier alpha value is -5.37. The molecular weight excluding hydrogens is 572 g/mol. The smallest absolute Gasteiger partial charge is 0.342 e. The number of carbonyl (C=O) groups excluding carboxylic acids is 3. The van der Waals surface area contributed by atoms with E-state index in [-0.39, 0.29) is 30.9 Å². The molecule has 14 nitrogen and oxygen atoms in total. The molecule has 226 valence electrons. The number of imidazole rings is 1. The van der Waals surface area contributed by atoms with Crippen molar-refractivity contribution in [1.82, 2.24) is 24.8 Å². The molecule has 4 atom stereocenters. The Kier molecular flexibility index (Phi) is 7.00. The topological polar surface area (TPSA) is 190 Å². The highest BCUT2D eigenvalue weighted by Gasteiger charge is 2.68. The van der Waals surface area contributed by atoms with E-state index in [9.17, 15) is 34.4 Å². The number of nitrogens with one attached hydrogen (secondary N) is 2. The van der Waals surface area contributed by atoms with E-state index in [0.29, 0.717) is 17.0 Å². The lowest BCUT2D eigenvalue weighted by Gasteiger charge is -2.31. The number of nitrogens with zero attached hydrogens (tertiary/aromatic N) is 4. The van der Waals surface area contributed by atoms with E-state index in [1.807, 2.05) is 24.3 Å². The average Bonchev–Trinajstić information content (AvgIpc) is 3.75. The van der Waals surface area contributed by atoms with Gasteiger partial charge in [-0.3, -0.25) is 24.6 Å². The van der Waals surface area contributed by atoms with Crippen LogP contribution in [-0.2, 0) is 32.1 Å². The van der Waals surface area contributed by atoms with E-state index in [0.717, 1.165) is 22.0 Å². The number of aromatic amines is 1. The summed E-state index contributed by atoms with van der Waals surface area (Å²) < 4.78 is 6.07. The first-order valence-corrected chi connectivity index (χ1v) is 13.8. The number of aliphatic carboxylic acids is 1. The molecule has 0 saturated carbocycles. The van der Waals surface area contributed by atoms with Crippen LogP contribution in [0.4, 0.5) is 5.82 Å². The van der Waals surface area contributed by atoms with Crippen LogP contribution in [0, 0.1) is 28.9 Å². The molecule has 2 aliphatic rings. The van der Waals surface area contributed by atoms with Crippen LogP contribution in [0.15, 0.2) is 60.9 Å². The third kappa shape index (κ3) is 4.41. The van der Waals surface area contributed by atoms with Gasteiger partial charge in [0, 0.05) is 36.5 Å². The van der Waals surface area contributed by atoms with Gasteiger partial charge in [0.1, 0.15) is 18.3 Å². The monoisotopic (exact) mass is 600 g/mol. The number of aryl methyl sites for hydroxylation is 1. The molecule has 2 fully saturated rings. The Balaban J connectivity index is 1.41. The Morgan fingerprint density at radius 2 is 1.84 bits per heavy atom. The van der Waals surface area contributed by atoms with Gasteiger partial charge in [-0.2, -0.15) is 0 Å². The predicted octanol–water partition coefficient (Wildman–Crippen LogP) is 2.38. The number of aromatic nitrogens is 3. The lowest BCUT2D eigenvalue weighted by molar-refractivity contribution is -0.392. The normalized spacial score (nSPS) is 22.9. The number of hydrogen-bond donors (Lipinski definition) is 3. The maximum atomic E-state index is 14.1. The van der Waals surface area contributed by atoms with Gasteiger partial charge in [0.25, 0.3) is 0 Å². The van der Waals surface area contributed by atoms with E-state index in [2.05, 4.69) is 15.3 Å². The molecule has 2 amide bonds. The van der Waals surface area contributed by atoms with Crippen molar-refractivity contribution in [1.29, 1.82) is 0 Å². The van der Waals surface area contributed by atoms with E-state index < -0.39 is 52.1 Å². The fourth-order valence-corrected chi connectivity index (χ4v) is 6.61. The van der Waals surface area contributed by atoms with Crippen LogP contribution in [0.1, 0.15) is 33.4 Å². The second-order valence-electron chi connectivity index (χ2n) is 11.0. The summed E-state index contributed by atoms with van der Waals surface area (Å²) in [6.07, 6.45) is 2.69. The second kappa shape index (κ2) is 10.7. The lowest BCUT2D eigenvalue weighted by atomic mass is 9.76. The van der Waals surface area contributed by atoms with Crippen molar-refractivity contribution in [3.63, 3.8) is 0 Å². The first kappa shape index (κ1) is 28.7. The van der Waals surface area contributed by atoms with Crippen molar-refractivity contribution >= 4 is 40.5 Å². The van der Waals surface area contributed by atoms with Gasteiger partial charge in [-0.05, 0) is 34.2 Å². The number of likely N-dealkylation sites (tertiary alicyclic amines) is 1. The number of nitro groups is 1. The van der Waals surface area contributed by atoms with Crippen LogP contribution in [-0.4, -0.2) is 72.4 Å². The van der Waals surface area contributed by atoms with Crippen LogP contribution in [0.3, 0.4) is 0 Å². The van der Waals surface area contributed by atoms with Gasteiger partial charge < -0.3 is 24.9 Å². The average molecular weight is 601 g/mol. The molecule has 0 spiro atoms. The number of esters is 1. The van der Waals surface area contributed by atoms with Gasteiger partial charge in [0.2, 0.25) is 11.8 Å². The summed E-state index contributed by atoms with van der Waals surface area (Å²) in [7, 11) is 1.25. The first-order chi connectivity index (χ1) is 21.1. The Morgan fingerprint density at radius 3 is 2.52 bits per heavy atom. The third-order valence-corrected chi connectivity index (χ3v) is 8.73. The second-order valence-corrected chi connectivity index (χ2v) is 11.0. The predicted molar refractivity (Wildman–Crippen MR) is 153 cm³/mol. The number of amides is 2. The molecular formula is C30H28N6O8. The molecule has 2 aromatic carbocycles. The Morgan fingerprint density at radius 1 is 1.11 bits per heavy atom. The van der Waals surface area contributed by atoms with E-state index >= 15 is 0 Å². The number of ether oxygens (including phenoxy) is 1. The van der Waals surface area contributed by atoms with Gasteiger partial charge in [0.15, 0.2) is 5.82 Å². The number of imide groups is 1. The maximum absolute atomic E-state index is 14.1. The van der Waals surface area contributed by atoms with E-state index in [1.54, 1.807) is 25.3 Å².